The summed E-state index contributed by atoms with van der Waals surface area (Å²) >= 11 is 0. The zero-order chi connectivity index (χ0) is 21.9. The summed E-state index contributed by atoms with van der Waals surface area (Å²) in [5.74, 6) is -0.0605. The number of aromatic nitrogens is 2. The Morgan fingerprint density at radius 3 is 2.60 bits per heavy atom. The number of amides is 2. The molecule has 1 atom stereocenters. The molecule has 2 aromatic rings. The van der Waals surface area contributed by atoms with E-state index < -0.39 is 22.8 Å². The van der Waals surface area contributed by atoms with Crippen molar-refractivity contribution in [2.24, 2.45) is 0 Å². The van der Waals surface area contributed by atoms with E-state index in [1.165, 1.54) is 9.47 Å². The molecule has 3 rings (SSSR count). The largest absolute Gasteiger partial charge is 0.383 e. The molecule has 0 aliphatic carbocycles. The Hall–Kier alpha value is -3.07. The van der Waals surface area contributed by atoms with E-state index >= 15 is 0 Å². The third-order valence-electron chi connectivity index (χ3n) is 4.80. The van der Waals surface area contributed by atoms with E-state index in [1.807, 2.05) is 51.1 Å². The number of nitrogen functional groups attached to an aromatic ring is 1. The van der Waals surface area contributed by atoms with Crippen LogP contribution in [0, 0.1) is 0 Å². The summed E-state index contributed by atoms with van der Waals surface area (Å²) in [5, 5.41) is 2.87. The monoisotopic (exact) mass is 415 g/mol. The maximum atomic E-state index is 13.1. The zero-order valence-corrected chi connectivity index (χ0v) is 17.6. The van der Waals surface area contributed by atoms with E-state index in [4.69, 9.17) is 10.5 Å². The number of hydrogen-bond acceptors (Lipinski definition) is 5. The number of aromatic amines is 1. The number of ether oxygens (including phenoxy) is 1. The molecule has 1 fully saturated rings. The minimum absolute atomic E-state index is 0.0530. The van der Waals surface area contributed by atoms with Crippen molar-refractivity contribution in [1.29, 1.82) is 0 Å². The molecular weight excluding hydrogens is 386 g/mol. The Morgan fingerprint density at radius 1 is 1.30 bits per heavy atom. The fourth-order valence-electron chi connectivity index (χ4n) is 3.42. The molecule has 2 heterocycles. The van der Waals surface area contributed by atoms with Gasteiger partial charge >= 0.3 is 11.7 Å². The molecule has 1 saturated heterocycles. The van der Waals surface area contributed by atoms with Crippen LogP contribution in [0.2, 0.25) is 0 Å². The Morgan fingerprint density at radius 2 is 2.00 bits per heavy atom. The standard InChI is InChI=1S/C21H29N5O4/c1-21(2,3)24-20(29)25(13-15-10-7-11-30-15)16-17(22)26(19(28)23-18(16)27)12-14-8-5-4-6-9-14/h4-6,8-9,15H,7,10-13,22H2,1-3H3,(H,24,29)(H,23,27,28). The fourth-order valence-corrected chi connectivity index (χ4v) is 3.42. The number of nitrogens with two attached hydrogens (primary N) is 1. The third-order valence-corrected chi connectivity index (χ3v) is 4.80. The number of rotatable bonds is 5. The summed E-state index contributed by atoms with van der Waals surface area (Å²) in [5.41, 5.74) is 5.23. The molecule has 0 saturated carbocycles. The van der Waals surface area contributed by atoms with Crippen LogP contribution >= 0.6 is 0 Å². The Kier molecular flexibility index (Phi) is 6.31. The van der Waals surface area contributed by atoms with Gasteiger partial charge in [-0.3, -0.25) is 19.2 Å². The number of anilines is 2. The van der Waals surface area contributed by atoms with E-state index in [-0.39, 0.29) is 30.7 Å². The van der Waals surface area contributed by atoms with Crippen molar-refractivity contribution in [3.63, 3.8) is 0 Å². The van der Waals surface area contributed by atoms with Crippen molar-refractivity contribution in [3.8, 4) is 0 Å². The first-order valence-corrected chi connectivity index (χ1v) is 10.0. The summed E-state index contributed by atoms with van der Waals surface area (Å²) in [6.07, 6.45) is 1.46. The molecule has 9 nitrogen and oxygen atoms in total. The summed E-state index contributed by atoms with van der Waals surface area (Å²) in [7, 11) is 0. The van der Waals surface area contributed by atoms with E-state index in [9.17, 15) is 14.4 Å². The highest BCUT2D eigenvalue weighted by Crippen LogP contribution is 2.22. The van der Waals surface area contributed by atoms with E-state index in [1.54, 1.807) is 0 Å². The zero-order valence-electron chi connectivity index (χ0n) is 17.6. The summed E-state index contributed by atoms with van der Waals surface area (Å²) in [4.78, 5) is 41.9. The Bertz CT molecular complexity index is 1000. The summed E-state index contributed by atoms with van der Waals surface area (Å²) in [6, 6.07) is 8.81. The third kappa shape index (κ3) is 5.10. The van der Waals surface area contributed by atoms with Gasteiger partial charge in [0.1, 0.15) is 5.82 Å². The lowest BCUT2D eigenvalue weighted by Gasteiger charge is -2.30. The normalized spacial score (nSPS) is 16.4. The van der Waals surface area contributed by atoms with Gasteiger partial charge in [-0.15, -0.1) is 0 Å². The van der Waals surface area contributed by atoms with Gasteiger partial charge in [0.2, 0.25) is 0 Å². The first-order chi connectivity index (χ1) is 14.2. The SMILES string of the molecule is CC(C)(C)NC(=O)N(CC1CCCO1)c1c(N)n(Cc2ccccc2)c(=O)[nH]c1=O. The second-order valence-electron chi connectivity index (χ2n) is 8.49. The second-order valence-corrected chi connectivity index (χ2v) is 8.49. The highest BCUT2D eigenvalue weighted by atomic mass is 16.5. The predicted octanol–water partition coefficient (Wildman–Crippen LogP) is 1.66. The van der Waals surface area contributed by atoms with E-state index in [0.717, 1.165) is 18.4 Å². The first kappa shape index (κ1) is 21.6. The van der Waals surface area contributed by atoms with Gasteiger partial charge < -0.3 is 15.8 Å². The van der Waals surface area contributed by atoms with Gasteiger partial charge in [-0.05, 0) is 39.2 Å². The number of H-pyrrole nitrogens is 1. The highest BCUT2D eigenvalue weighted by Gasteiger charge is 2.30. The molecule has 0 bridgehead atoms. The smallest absolute Gasteiger partial charge is 0.330 e. The molecule has 0 spiro atoms. The van der Waals surface area contributed by atoms with Crippen LogP contribution in [0.25, 0.3) is 0 Å². The number of nitrogens with zero attached hydrogens (tertiary/aromatic N) is 2. The van der Waals surface area contributed by atoms with E-state index in [0.29, 0.717) is 6.61 Å². The molecule has 1 unspecified atom stereocenters. The lowest BCUT2D eigenvalue weighted by atomic mass is 10.1. The van der Waals surface area contributed by atoms with Gasteiger partial charge in [-0.25, -0.2) is 9.59 Å². The maximum Gasteiger partial charge on any atom is 0.330 e. The first-order valence-electron chi connectivity index (χ1n) is 10.0. The quantitative estimate of drug-likeness (QED) is 0.685. The molecule has 1 aliphatic heterocycles. The molecule has 1 aromatic carbocycles. The van der Waals surface area contributed by atoms with E-state index in [2.05, 4.69) is 10.3 Å². The van der Waals surface area contributed by atoms with Gasteiger partial charge in [0.15, 0.2) is 5.69 Å². The molecule has 30 heavy (non-hydrogen) atoms. The molecule has 162 valence electrons. The predicted molar refractivity (Wildman–Crippen MR) is 116 cm³/mol. The van der Waals surface area contributed by atoms with Crippen LogP contribution in [0.15, 0.2) is 39.9 Å². The van der Waals surface area contributed by atoms with Crippen molar-refractivity contribution in [3.05, 3.63) is 56.7 Å². The van der Waals surface area contributed by atoms with Crippen LogP contribution in [0.3, 0.4) is 0 Å². The number of nitrogens with one attached hydrogen (secondary N) is 2. The average molecular weight is 415 g/mol. The summed E-state index contributed by atoms with van der Waals surface area (Å²) < 4.78 is 6.93. The van der Waals surface area contributed by atoms with Crippen molar-refractivity contribution in [2.45, 2.75) is 51.8 Å². The Balaban J connectivity index is 2.04. The van der Waals surface area contributed by atoms with Crippen molar-refractivity contribution in [2.75, 3.05) is 23.8 Å². The van der Waals surface area contributed by atoms with Crippen LogP contribution in [0.5, 0.6) is 0 Å². The second kappa shape index (κ2) is 8.74. The van der Waals surface area contributed by atoms with Crippen LogP contribution < -0.4 is 27.2 Å². The van der Waals surface area contributed by atoms with Crippen molar-refractivity contribution in [1.82, 2.24) is 14.9 Å². The lowest BCUT2D eigenvalue weighted by molar-refractivity contribution is 0.116. The maximum absolute atomic E-state index is 13.1. The molecule has 1 aliphatic rings. The topological polar surface area (TPSA) is 122 Å². The molecular formula is C21H29N5O4. The van der Waals surface area contributed by atoms with Gasteiger partial charge in [0.05, 0.1) is 19.2 Å². The average Bonchev–Trinajstić information content (AvgIpc) is 3.17. The number of carbonyl (C=O) groups is 1. The highest BCUT2D eigenvalue weighted by molar-refractivity contribution is 5.94. The van der Waals surface area contributed by atoms with Crippen LogP contribution in [0.4, 0.5) is 16.3 Å². The minimum Gasteiger partial charge on any atom is -0.383 e. The molecule has 4 N–H and O–H groups in total. The Labute approximate surface area is 174 Å². The lowest BCUT2D eigenvalue weighted by Crippen LogP contribution is -2.53. The molecule has 1 aromatic heterocycles. The minimum atomic E-state index is -0.705. The molecule has 9 heteroatoms. The van der Waals surface area contributed by atoms with Gasteiger partial charge in [0.25, 0.3) is 5.56 Å². The number of benzene rings is 1. The number of carbonyl (C=O) groups excluding carboxylic acids is 1. The van der Waals surface area contributed by atoms with Gasteiger partial charge in [-0.2, -0.15) is 0 Å². The van der Waals surface area contributed by atoms with Crippen LogP contribution in [-0.2, 0) is 11.3 Å². The van der Waals surface area contributed by atoms with Gasteiger partial charge in [0, 0.05) is 12.1 Å². The number of urea groups is 1. The van der Waals surface area contributed by atoms with Gasteiger partial charge in [-0.1, -0.05) is 30.3 Å². The molecule has 2 amide bonds. The summed E-state index contributed by atoms with van der Waals surface area (Å²) in [6.45, 7) is 6.48. The fraction of sp³-hybridized carbons (Fsp3) is 0.476. The van der Waals surface area contributed by atoms with Crippen molar-refractivity contribution < 1.29 is 9.53 Å². The molecule has 0 radical (unpaired) electrons. The van der Waals surface area contributed by atoms with Crippen molar-refractivity contribution >= 4 is 17.5 Å². The van der Waals surface area contributed by atoms with Crippen LogP contribution in [-0.4, -0.2) is 40.4 Å². The number of hydrogen-bond donors (Lipinski definition) is 3. The van der Waals surface area contributed by atoms with Crippen LogP contribution in [0.1, 0.15) is 39.2 Å².